The first-order valence-corrected chi connectivity index (χ1v) is 13.4. The lowest BCUT2D eigenvalue weighted by molar-refractivity contribution is 0.596. The molecular weight excluding hydrogens is 460 g/mol. The molecule has 178 valence electrons. The molecule has 5 aromatic rings. The second-order valence-electron chi connectivity index (χ2n) is 8.65. The largest absolute Gasteiger partial charge is 0.383 e. The van der Waals surface area contributed by atoms with Crippen molar-refractivity contribution in [3.63, 3.8) is 0 Å². The molecule has 2 aromatic heterocycles. The summed E-state index contributed by atoms with van der Waals surface area (Å²) in [5, 5.41) is 9.49. The maximum absolute atomic E-state index is 11.3. The summed E-state index contributed by atoms with van der Waals surface area (Å²) in [4.78, 5) is 9.30. The monoisotopic (exact) mass is 486 g/mol. The molecule has 0 spiro atoms. The minimum Gasteiger partial charge on any atom is -0.383 e. The summed E-state index contributed by atoms with van der Waals surface area (Å²) >= 11 is 0. The first kappa shape index (κ1) is 22.9. The summed E-state index contributed by atoms with van der Waals surface area (Å²) in [6, 6.07) is 22.1. The zero-order chi connectivity index (χ0) is 24.4. The van der Waals surface area contributed by atoms with Crippen molar-refractivity contribution in [1.29, 1.82) is 0 Å². The van der Waals surface area contributed by atoms with Crippen LogP contribution in [0, 0.1) is 0 Å². The first-order valence-electron chi connectivity index (χ1n) is 11.3. The van der Waals surface area contributed by atoms with Crippen LogP contribution in [-0.2, 0) is 22.9 Å². The van der Waals surface area contributed by atoms with Gasteiger partial charge < -0.3 is 11.1 Å². The van der Waals surface area contributed by atoms with Crippen LogP contribution in [0.1, 0.15) is 11.1 Å². The van der Waals surface area contributed by atoms with Gasteiger partial charge in [-0.25, -0.2) is 18.4 Å². The summed E-state index contributed by atoms with van der Waals surface area (Å²) in [6.07, 6.45) is 3.09. The number of benzene rings is 3. The van der Waals surface area contributed by atoms with E-state index in [0.29, 0.717) is 31.3 Å². The molecule has 35 heavy (non-hydrogen) atoms. The Morgan fingerprint density at radius 3 is 2.60 bits per heavy atom. The molecule has 8 nitrogen and oxygen atoms in total. The Hall–Kier alpha value is -3.82. The number of nitrogens with one attached hydrogen (secondary N) is 1. The highest BCUT2D eigenvalue weighted by Crippen LogP contribution is 2.27. The fraction of sp³-hybridized carbons (Fsp3) is 0.192. The molecule has 0 bridgehead atoms. The Labute approximate surface area is 203 Å². The van der Waals surface area contributed by atoms with Crippen molar-refractivity contribution in [2.45, 2.75) is 13.1 Å². The molecule has 0 aliphatic rings. The highest BCUT2D eigenvalue weighted by molar-refractivity contribution is 7.90. The van der Waals surface area contributed by atoms with Crippen LogP contribution in [0.25, 0.3) is 33.2 Å². The normalized spacial score (nSPS) is 11.9. The quantitative estimate of drug-likeness (QED) is 0.323. The van der Waals surface area contributed by atoms with Crippen molar-refractivity contribution in [2.24, 2.45) is 0 Å². The lowest BCUT2D eigenvalue weighted by Gasteiger charge is -2.09. The molecule has 0 atom stereocenters. The van der Waals surface area contributed by atoms with E-state index < -0.39 is 9.84 Å². The summed E-state index contributed by atoms with van der Waals surface area (Å²) in [5.74, 6) is 1.07. The number of hydrogen-bond acceptors (Lipinski definition) is 7. The highest BCUT2D eigenvalue weighted by atomic mass is 32.2. The van der Waals surface area contributed by atoms with E-state index in [1.165, 1.54) is 11.8 Å². The van der Waals surface area contributed by atoms with Gasteiger partial charge in [-0.3, -0.25) is 4.68 Å². The van der Waals surface area contributed by atoms with E-state index in [0.717, 1.165) is 32.9 Å². The number of nitrogen functional groups attached to an aromatic ring is 1. The van der Waals surface area contributed by atoms with Gasteiger partial charge in [-0.05, 0) is 41.5 Å². The molecule has 0 aliphatic carbocycles. The van der Waals surface area contributed by atoms with E-state index in [1.807, 2.05) is 65.5 Å². The summed E-state index contributed by atoms with van der Waals surface area (Å²) in [7, 11) is -2.99. The summed E-state index contributed by atoms with van der Waals surface area (Å²) < 4.78 is 24.5. The van der Waals surface area contributed by atoms with Crippen LogP contribution in [0.3, 0.4) is 0 Å². The van der Waals surface area contributed by atoms with Gasteiger partial charge in [0.1, 0.15) is 15.7 Å². The highest BCUT2D eigenvalue weighted by Gasteiger charge is 2.11. The van der Waals surface area contributed by atoms with E-state index in [1.54, 1.807) is 0 Å². The number of anilines is 1. The Morgan fingerprint density at radius 2 is 1.80 bits per heavy atom. The Kier molecular flexibility index (Phi) is 6.19. The number of nitrogens with two attached hydrogens (primary N) is 1. The van der Waals surface area contributed by atoms with E-state index in [2.05, 4.69) is 27.5 Å². The fourth-order valence-electron chi connectivity index (χ4n) is 4.04. The summed E-state index contributed by atoms with van der Waals surface area (Å²) in [5.41, 5.74) is 11.2. The molecule has 0 fully saturated rings. The van der Waals surface area contributed by atoms with Crippen molar-refractivity contribution in [2.75, 3.05) is 24.3 Å². The van der Waals surface area contributed by atoms with Gasteiger partial charge in [0.05, 0.1) is 29.5 Å². The van der Waals surface area contributed by atoms with Crippen LogP contribution in [-0.4, -0.2) is 46.7 Å². The molecule has 0 saturated carbocycles. The molecule has 3 N–H and O–H groups in total. The lowest BCUT2D eigenvalue weighted by atomic mass is 10.1. The third kappa shape index (κ3) is 5.31. The van der Waals surface area contributed by atoms with Crippen molar-refractivity contribution in [3.05, 3.63) is 84.1 Å². The SMILES string of the molecule is CS(=O)(=O)CCNCc1ccc2nc(-c3ccc4c(cnn4Cc4ccccc4)c3)nc(N)c2c1. The van der Waals surface area contributed by atoms with Crippen LogP contribution in [0.4, 0.5) is 5.82 Å². The smallest absolute Gasteiger partial charge is 0.162 e. The minimum atomic E-state index is -2.99. The van der Waals surface area contributed by atoms with Crippen molar-refractivity contribution >= 4 is 37.5 Å². The molecular formula is C26H26N6O2S. The molecule has 0 saturated heterocycles. The number of nitrogens with zero attached hydrogens (tertiary/aromatic N) is 4. The van der Waals surface area contributed by atoms with E-state index in [-0.39, 0.29) is 5.75 Å². The predicted octanol–water partition coefficient (Wildman–Crippen LogP) is 3.41. The second kappa shape index (κ2) is 9.44. The Bertz CT molecular complexity index is 1610. The zero-order valence-electron chi connectivity index (χ0n) is 19.3. The summed E-state index contributed by atoms with van der Waals surface area (Å²) in [6.45, 7) is 1.64. The maximum atomic E-state index is 11.3. The third-order valence-electron chi connectivity index (χ3n) is 5.84. The standard InChI is InChI=1S/C26H26N6O2S/c1-35(33,34)12-11-28-15-19-7-9-23-22(13-19)25(27)31-26(30-23)20-8-10-24-21(14-20)16-29-32(24)17-18-5-3-2-4-6-18/h2-10,13-14,16,28H,11-12,15,17H2,1H3,(H2,27,30,31). The minimum absolute atomic E-state index is 0.102. The number of hydrogen-bond donors (Lipinski definition) is 2. The van der Waals surface area contributed by atoms with Gasteiger partial charge in [0.2, 0.25) is 0 Å². The lowest BCUT2D eigenvalue weighted by Crippen LogP contribution is -2.21. The van der Waals surface area contributed by atoms with Gasteiger partial charge in [-0.1, -0.05) is 36.4 Å². The molecule has 0 radical (unpaired) electrons. The number of aromatic nitrogens is 4. The van der Waals surface area contributed by atoms with Crippen LogP contribution >= 0.6 is 0 Å². The van der Waals surface area contributed by atoms with Gasteiger partial charge in [0, 0.05) is 35.7 Å². The molecule has 5 rings (SSSR count). The molecule has 0 aliphatic heterocycles. The topological polar surface area (TPSA) is 116 Å². The van der Waals surface area contributed by atoms with Gasteiger partial charge in [-0.2, -0.15) is 5.10 Å². The van der Waals surface area contributed by atoms with E-state index >= 15 is 0 Å². The first-order chi connectivity index (χ1) is 16.9. The number of rotatable bonds is 8. The van der Waals surface area contributed by atoms with E-state index in [4.69, 9.17) is 10.7 Å². The van der Waals surface area contributed by atoms with Crippen molar-refractivity contribution in [1.82, 2.24) is 25.1 Å². The van der Waals surface area contributed by atoms with E-state index in [9.17, 15) is 8.42 Å². The predicted molar refractivity (Wildman–Crippen MR) is 140 cm³/mol. The number of sulfone groups is 1. The molecule has 3 aromatic carbocycles. The average Bonchev–Trinajstić information content (AvgIpc) is 3.24. The van der Waals surface area contributed by atoms with Gasteiger partial charge in [0.25, 0.3) is 0 Å². The van der Waals surface area contributed by atoms with Gasteiger partial charge >= 0.3 is 0 Å². The second-order valence-corrected chi connectivity index (χ2v) is 10.9. The number of fused-ring (bicyclic) bond motifs is 2. The molecule has 0 unspecified atom stereocenters. The zero-order valence-corrected chi connectivity index (χ0v) is 20.2. The average molecular weight is 487 g/mol. The third-order valence-corrected chi connectivity index (χ3v) is 6.79. The Balaban J connectivity index is 1.37. The van der Waals surface area contributed by atoms with Crippen molar-refractivity contribution < 1.29 is 8.42 Å². The van der Waals surface area contributed by atoms with Crippen LogP contribution in [0.5, 0.6) is 0 Å². The molecule has 9 heteroatoms. The Morgan fingerprint density at radius 1 is 0.971 bits per heavy atom. The molecule has 0 amide bonds. The van der Waals surface area contributed by atoms with Crippen molar-refractivity contribution in [3.8, 4) is 11.4 Å². The van der Waals surface area contributed by atoms with Crippen LogP contribution < -0.4 is 11.1 Å². The maximum Gasteiger partial charge on any atom is 0.162 e. The van der Waals surface area contributed by atoms with Crippen LogP contribution in [0.2, 0.25) is 0 Å². The fourth-order valence-corrected chi connectivity index (χ4v) is 4.55. The molecule has 2 heterocycles. The van der Waals surface area contributed by atoms with Gasteiger partial charge in [-0.15, -0.1) is 0 Å². The van der Waals surface area contributed by atoms with Gasteiger partial charge in [0.15, 0.2) is 5.82 Å². The van der Waals surface area contributed by atoms with Crippen LogP contribution in [0.15, 0.2) is 72.9 Å².